The highest BCUT2D eigenvalue weighted by atomic mass is 16.5. The Morgan fingerprint density at radius 1 is 1.53 bits per heavy atom. The first-order chi connectivity index (χ1) is 6.90. The van der Waals surface area contributed by atoms with E-state index < -0.39 is 18.5 Å². The van der Waals surface area contributed by atoms with Gasteiger partial charge in [-0.2, -0.15) is 5.06 Å². The fourth-order valence-corrected chi connectivity index (χ4v) is 0.349. The summed E-state index contributed by atoms with van der Waals surface area (Å²) in [6, 6.07) is 0. The normalized spacial score (nSPS) is 8.20. The zero-order valence-electron chi connectivity index (χ0n) is 8.64. The highest BCUT2D eigenvalue weighted by Gasteiger charge is 2.00. The summed E-state index contributed by atoms with van der Waals surface area (Å²) in [6.45, 7) is 7.60. The van der Waals surface area contributed by atoms with Crippen molar-refractivity contribution in [1.29, 1.82) is 0 Å². The van der Waals surface area contributed by atoms with Gasteiger partial charge in [-0.1, -0.05) is 20.1 Å². The summed E-state index contributed by atoms with van der Waals surface area (Å²) in [5.41, 5.74) is 5.29. The average molecular weight is 216 g/mol. The van der Waals surface area contributed by atoms with Gasteiger partial charge in [0, 0.05) is 5.57 Å². The van der Waals surface area contributed by atoms with Crippen molar-refractivity contribution in [3.63, 3.8) is 0 Å². The number of aliphatic hydroxyl groups excluding tert-OH is 1. The molecule has 0 aromatic heterocycles. The van der Waals surface area contributed by atoms with E-state index in [1.54, 1.807) is 0 Å². The van der Waals surface area contributed by atoms with Crippen LogP contribution in [0.5, 0.6) is 0 Å². The third kappa shape index (κ3) is 8.66. The van der Waals surface area contributed by atoms with Crippen molar-refractivity contribution in [2.75, 3.05) is 6.73 Å². The monoisotopic (exact) mass is 216 g/mol. The molecule has 0 heterocycles. The number of hydroxylamine groups is 2. The van der Waals surface area contributed by atoms with Crippen LogP contribution in [0.15, 0.2) is 24.8 Å². The number of nitrogens with two attached hydrogens (primary N) is 1. The molecule has 6 heteroatoms. The smallest absolute Gasteiger partial charge is 0.271 e. The van der Waals surface area contributed by atoms with Crippen LogP contribution in [0, 0.1) is 0 Å². The Labute approximate surface area is 88.3 Å². The van der Waals surface area contributed by atoms with E-state index in [4.69, 9.17) is 16.0 Å². The van der Waals surface area contributed by atoms with Crippen molar-refractivity contribution in [2.45, 2.75) is 13.3 Å². The second-order valence-electron chi connectivity index (χ2n) is 2.40. The van der Waals surface area contributed by atoms with Crippen LogP contribution in [0.3, 0.4) is 0 Å². The first-order valence-corrected chi connectivity index (χ1v) is 4.11. The van der Waals surface area contributed by atoms with Crippen molar-refractivity contribution in [2.24, 2.45) is 5.73 Å². The predicted molar refractivity (Wildman–Crippen MR) is 54.5 cm³/mol. The van der Waals surface area contributed by atoms with Gasteiger partial charge < -0.3 is 10.8 Å². The molecule has 0 unspecified atom stereocenters. The van der Waals surface area contributed by atoms with Crippen molar-refractivity contribution in [1.82, 2.24) is 5.06 Å². The quantitative estimate of drug-likeness (QED) is 0.261. The van der Waals surface area contributed by atoms with Crippen LogP contribution in [0.2, 0.25) is 0 Å². The van der Waals surface area contributed by atoms with Gasteiger partial charge in [0.15, 0.2) is 0 Å². The molecule has 0 radical (unpaired) electrons. The van der Waals surface area contributed by atoms with E-state index in [1.807, 2.05) is 6.92 Å². The zero-order valence-corrected chi connectivity index (χ0v) is 8.64. The Morgan fingerprint density at radius 2 is 2.00 bits per heavy atom. The van der Waals surface area contributed by atoms with Crippen LogP contribution in [-0.4, -0.2) is 33.9 Å². The van der Waals surface area contributed by atoms with Gasteiger partial charge in [0.1, 0.15) is 6.73 Å². The number of nitrogens with zero attached hydrogens (tertiary/aromatic N) is 1. The van der Waals surface area contributed by atoms with Crippen LogP contribution in [0.1, 0.15) is 13.3 Å². The Balaban J connectivity index is 0. The SMILES string of the molecule is C=C(CC)C(N)=O.C=CC(=O)N(O)CO. The lowest BCUT2D eigenvalue weighted by Crippen LogP contribution is -2.25. The number of carbonyl (C=O) groups is 2. The summed E-state index contributed by atoms with van der Waals surface area (Å²) in [5.74, 6) is -1.12. The molecule has 0 saturated heterocycles. The molecule has 0 saturated carbocycles. The van der Waals surface area contributed by atoms with Crippen LogP contribution >= 0.6 is 0 Å². The molecule has 86 valence electrons. The molecule has 0 fully saturated rings. The molecule has 0 aromatic rings. The molecule has 0 spiro atoms. The van der Waals surface area contributed by atoms with Crippen molar-refractivity contribution >= 4 is 11.8 Å². The molecule has 0 aliphatic carbocycles. The van der Waals surface area contributed by atoms with Gasteiger partial charge in [-0.15, -0.1) is 0 Å². The van der Waals surface area contributed by atoms with Gasteiger partial charge in [0.2, 0.25) is 5.91 Å². The number of primary amides is 1. The number of hydrogen-bond donors (Lipinski definition) is 3. The van der Waals surface area contributed by atoms with Gasteiger partial charge in [-0.25, -0.2) is 0 Å². The lowest BCUT2D eigenvalue weighted by Gasteiger charge is -2.05. The molecule has 15 heavy (non-hydrogen) atoms. The molecule has 6 nitrogen and oxygen atoms in total. The molecule has 2 amide bonds. The largest absolute Gasteiger partial charge is 0.374 e. The summed E-state index contributed by atoms with van der Waals surface area (Å²) in [7, 11) is 0. The van der Waals surface area contributed by atoms with E-state index in [0.717, 1.165) is 6.08 Å². The maximum Gasteiger partial charge on any atom is 0.271 e. The van der Waals surface area contributed by atoms with Crippen LogP contribution < -0.4 is 5.73 Å². The van der Waals surface area contributed by atoms with E-state index in [-0.39, 0.29) is 5.06 Å². The van der Waals surface area contributed by atoms with Gasteiger partial charge in [0.05, 0.1) is 0 Å². The number of hydrogen-bond acceptors (Lipinski definition) is 4. The predicted octanol–water partition coefficient (Wildman–Crippen LogP) is -0.222. The second kappa shape index (κ2) is 8.92. The summed E-state index contributed by atoms with van der Waals surface area (Å²) < 4.78 is 0. The van der Waals surface area contributed by atoms with Gasteiger partial charge in [-0.3, -0.25) is 14.8 Å². The summed E-state index contributed by atoms with van der Waals surface area (Å²) in [5, 5.41) is 16.5. The molecule has 4 N–H and O–H groups in total. The Kier molecular flexibility index (Phi) is 9.39. The minimum absolute atomic E-state index is 0.146. The highest BCUT2D eigenvalue weighted by molar-refractivity contribution is 5.91. The number of rotatable bonds is 4. The average Bonchev–Trinajstić information content (AvgIpc) is 2.26. The Hall–Kier alpha value is -1.66. The second-order valence-corrected chi connectivity index (χ2v) is 2.40. The Bertz CT molecular complexity index is 250. The third-order valence-electron chi connectivity index (χ3n) is 1.34. The van der Waals surface area contributed by atoms with Crippen molar-refractivity contribution in [3.05, 3.63) is 24.8 Å². The van der Waals surface area contributed by atoms with E-state index in [1.165, 1.54) is 0 Å². The van der Waals surface area contributed by atoms with Gasteiger partial charge in [0.25, 0.3) is 5.91 Å². The molecular formula is C9H16N2O4. The van der Waals surface area contributed by atoms with Crippen LogP contribution in [0.4, 0.5) is 0 Å². The Morgan fingerprint density at radius 3 is 2.07 bits per heavy atom. The highest BCUT2D eigenvalue weighted by Crippen LogP contribution is 1.91. The number of aliphatic hydroxyl groups is 1. The summed E-state index contributed by atoms with van der Waals surface area (Å²) in [6.07, 6.45) is 1.55. The molecule has 0 aromatic carbocycles. The molecule has 0 aliphatic heterocycles. The van der Waals surface area contributed by atoms with Gasteiger partial charge in [-0.05, 0) is 12.5 Å². The fraction of sp³-hybridized carbons (Fsp3) is 0.333. The van der Waals surface area contributed by atoms with Gasteiger partial charge >= 0.3 is 0 Å². The number of amides is 2. The minimum Gasteiger partial charge on any atom is -0.374 e. The molecule has 0 bridgehead atoms. The first-order valence-electron chi connectivity index (χ1n) is 4.11. The minimum atomic E-state index is -0.715. The van der Waals surface area contributed by atoms with E-state index in [9.17, 15) is 9.59 Å². The standard InChI is InChI=1S/C5H9NO.C4H7NO3/c1-3-4(2)5(6)7;1-2-4(7)5(8)3-6/h2-3H2,1H3,(H2,6,7);2,6,8H,1,3H2. The lowest BCUT2D eigenvalue weighted by atomic mass is 10.2. The zero-order chi connectivity index (χ0) is 12.4. The lowest BCUT2D eigenvalue weighted by molar-refractivity contribution is -0.174. The first kappa shape index (κ1) is 15.8. The molecule has 0 atom stereocenters. The molecular weight excluding hydrogens is 200 g/mol. The van der Waals surface area contributed by atoms with Crippen LogP contribution in [0.25, 0.3) is 0 Å². The summed E-state index contributed by atoms with van der Waals surface area (Å²) >= 11 is 0. The van der Waals surface area contributed by atoms with Crippen molar-refractivity contribution in [3.8, 4) is 0 Å². The van der Waals surface area contributed by atoms with E-state index in [2.05, 4.69) is 13.2 Å². The van der Waals surface area contributed by atoms with Crippen LogP contribution in [-0.2, 0) is 9.59 Å². The number of carbonyl (C=O) groups excluding carboxylic acids is 2. The van der Waals surface area contributed by atoms with E-state index >= 15 is 0 Å². The molecule has 0 rings (SSSR count). The molecule has 0 aliphatic rings. The fourth-order valence-electron chi connectivity index (χ4n) is 0.349. The van der Waals surface area contributed by atoms with E-state index in [0.29, 0.717) is 12.0 Å². The topological polar surface area (TPSA) is 104 Å². The summed E-state index contributed by atoms with van der Waals surface area (Å²) in [4.78, 5) is 20.2. The maximum atomic E-state index is 10.1. The third-order valence-corrected chi connectivity index (χ3v) is 1.34. The van der Waals surface area contributed by atoms with Crippen molar-refractivity contribution < 1.29 is 19.9 Å². The maximum absolute atomic E-state index is 10.1.